The van der Waals surface area contributed by atoms with Crippen LogP contribution in [0, 0.1) is 11.7 Å². The molecule has 0 amide bonds. The molecule has 0 fully saturated rings. The van der Waals surface area contributed by atoms with Gasteiger partial charge in [-0.05, 0) is 59.4 Å². The molecule has 0 aliphatic carbocycles. The molecule has 0 spiro atoms. The molecule has 0 N–H and O–H groups in total. The SMILES string of the molecule is C=C1C(c2cnccn2)=Nc2c(OCC)cc(-c3cccc(F)c3)cc2C1C(C)C. The largest absolute Gasteiger partial charge is 0.492 e. The Bertz CT molecular complexity index is 1120. The van der Waals surface area contributed by atoms with E-state index in [0.717, 1.165) is 33.7 Å². The molecule has 5 heteroatoms. The van der Waals surface area contributed by atoms with Crippen molar-refractivity contribution >= 4 is 11.4 Å². The Morgan fingerprint density at radius 2 is 1.97 bits per heavy atom. The predicted octanol–water partition coefficient (Wildman–Crippen LogP) is 6.11. The fourth-order valence-corrected chi connectivity index (χ4v) is 4.01. The summed E-state index contributed by atoms with van der Waals surface area (Å²) in [7, 11) is 0. The van der Waals surface area contributed by atoms with Crippen LogP contribution in [0.4, 0.5) is 10.1 Å². The van der Waals surface area contributed by atoms with Gasteiger partial charge in [-0.15, -0.1) is 0 Å². The number of allylic oxidation sites excluding steroid dienone is 1. The second-order valence-corrected chi connectivity index (χ2v) is 7.65. The highest BCUT2D eigenvalue weighted by molar-refractivity contribution is 6.14. The van der Waals surface area contributed by atoms with Gasteiger partial charge in [-0.25, -0.2) is 9.38 Å². The second-order valence-electron chi connectivity index (χ2n) is 7.65. The number of ether oxygens (including phenoxy) is 1. The minimum atomic E-state index is -0.268. The molecule has 0 saturated heterocycles. The summed E-state index contributed by atoms with van der Waals surface area (Å²) >= 11 is 0. The Balaban J connectivity index is 1.97. The van der Waals surface area contributed by atoms with Crippen molar-refractivity contribution in [1.29, 1.82) is 0 Å². The van der Waals surface area contributed by atoms with E-state index in [1.165, 1.54) is 12.1 Å². The maximum Gasteiger partial charge on any atom is 0.145 e. The average Bonchev–Trinajstić information content (AvgIpc) is 2.73. The highest BCUT2D eigenvalue weighted by Crippen LogP contribution is 2.48. The van der Waals surface area contributed by atoms with Crippen LogP contribution < -0.4 is 4.74 Å². The van der Waals surface area contributed by atoms with Crippen molar-refractivity contribution < 1.29 is 9.13 Å². The molecule has 0 radical (unpaired) electrons. The summed E-state index contributed by atoms with van der Waals surface area (Å²) in [6.45, 7) is 11.1. The minimum absolute atomic E-state index is 0.0298. The molecule has 0 saturated carbocycles. The maximum atomic E-state index is 13.9. The van der Waals surface area contributed by atoms with E-state index in [1.54, 1.807) is 24.7 Å². The highest BCUT2D eigenvalue weighted by Gasteiger charge is 2.32. The topological polar surface area (TPSA) is 47.4 Å². The first-order valence-electron chi connectivity index (χ1n) is 10.1. The zero-order valence-corrected chi connectivity index (χ0v) is 17.4. The lowest BCUT2D eigenvalue weighted by Crippen LogP contribution is -2.22. The number of fused-ring (bicyclic) bond motifs is 1. The summed E-state index contributed by atoms with van der Waals surface area (Å²) in [5.74, 6) is 0.711. The van der Waals surface area contributed by atoms with Gasteiger partial charge in [-0.1, -0.05) is 32.6 Å². The Morgan fingerprint density at radius 3 is 2.63 bits per heavy atom. The van der Waals surface area contributed by atoms with Crippen LogP contribution in [-0.2, 0) is 0 Å². The third-order valence-electron chi connectivity index (χ3n) is 5.27. The number of hydrogen-bond acceptors (Lipinski definition) is 4. The zero-order valence-electron chi connectivity index (χ0n) is 17.4. The number of rotatable bonds is 5. The van der Waals surface area contributed by atoms with Gasteiger partial charge in [0.25, 0.3) is 0 Å². The van der Waals surface area contributed by atoms with E-state index in [0.29, 0.717) is 18.1 Å². The van der Waals surface area contributed by atoms with Crippen LogP contribution in [0.5, 0.6) is 5.75 Å². The number of halogens is 1. The van der Waals surface area contributed by atoms with E-state index in [9.17, 15) is 4.39 Å². The number of hydrogen-bond donors (Lipinski definition) is 0. The molecular weight excluding hydrogens is 377 g/mol. The van der Waals surface area contributed by atoms with Crippen molar-refractivity contribution in [2.75, 3.05) is 6.61 Å². The van der Waals surface area contributed by atoms with Crippen molar-refractivity contribution in [1.82, 2.24) is 9.97 Å². The molecule has 4 rings (SSSR count). The second kappa shape index (κ2) is 8.19. The number of aliphatic imine (C=N–C) groups is 1. The van der Waals surface area contributed by atoms with Crippen molar-refractivity contribution in [3.05, 3.63) is 84.2 Å². The van der Waals surface area contributed by atoms with E-state index in [-0.39, 0.29) is 17.7 Å². The molecular formula is C25H24FN3O. The maximum absolute atomic E-state index is 13.9. The lowest BCUT2D eigenvalue weighted by atomic mass is 9.77. The molecule has 4 nitrogen and oxygen atoms in total. The van der Waals surface area contributed by atoms with E-state index in [2.05, 4.69) is 36.5 Å². The van der Waals surface area contributed by atoms with Gasteiger partial charge in [0.2, 0.25) is 0 Å². The number of nitrogens with zero attached hydrogens (tertiary/aromatic N) is 3. The Morgan fingerprint density at radius 1 is 1.13 bits per heavy atom. The monoisotopic (exact) mass is 401 g/mol. The van der Waals surface area contributed by atoms with Gasteiger partial charge in [-0.3, -0.25) is 9.97 Å². The molecule has 152 valence electrons. The summed E-state index contributed by atoms with van der Waals surface area (Å²) in [5.41, 5.74) is 5.83. The molecule has 1 aromatic heterocycles. The molecule has 30 heavy (non-hydrogen) atoms. The molecule has 2 aromatic carbocycles. The quantitative estimate of drug-likeness (QED) is 0.518. The molecule has 2 heterocycles. The molecule has 3 aromatic rings. The summed E-state index contributed by atoms with van der Waals surface area (Å²) in [5, 5.41) is 0. The zero-order chi connectivity index (χ0) is 21.3. The van der Waals surface area contributed by atoms with Crippen LogP contribution in [0.1, 0.15) is 37.9 Å². The van der Waals surface area contributed by atoms with Crippen molar-refractivity contribution in [2.24, 2.45) is 10.9 Å². The molecule has 1 aliphatic rings. The van der Waals surface area contributed by atoms with Crippen LogP contribution in [0.25, 0.3) is 11.1 Å². The van der Waals surface area contributed by atoms with Gasteiger partial charge in [0, 0.05) is 18.3 Å². The molecule has 0 bridgehead atoms. The lowest BCUT2D eigenvalue weighted by molar-refractivity contribution is 0.341. The fourth-order valence-electron chi connectivity index (χ4n) is 4.01. The van der Waals surface area contributed by atoms with Gasteiger partial charge in [0.1, 0.15) is 22.9 Å². The van der Waals surface area contributed by atoms with E-state index in [1.807, 2.05) is 19.1 Å². The fraction of sp³-hybridized carbons (Fsp3) is 0.240. The highest BCUT2D eigenvalue weighted by atomic mass is 19.1. The Kier molecular flexibility index (Phi) is 5.44. The van der Waals surface area contributed by atoms with Crippen LogP contribution in [0.15, 0.2) is 72.1 Å². The van der Waals surface area contributed by atoms with Gasteiger partial charge in [-0.2, -0.15) is 0 Å². The van der Waals surface area contributed by atoms with Gasteiger partial charge in [0.05, 0.1) is 18.5 Å². The summed E-state index contributed by atoms with van der Waals surface area (Å²) in [4.78, 5) is 13.5. The molecule has 1 atom stereocenters. The Hall–Kier alpha value is -3.34. The van der Waals surface area contributed by atoms with Gasteiger partial charge in [0.15, 0.2) is 0 Å². The normalized spacial score (nSPS) is 15.7. The van der Waals surface area contributed by atoms with E-state index < -0.39 is 0 Å². The minimum Gasteiger partial charge on any atom is -0.492 e. The predicted molar refractivity (Wildman–Crippen MR) is 118 cm³/mol. The van der Waals surface area contributed by atoms with Crippen LogP contribution in [0.3, 0.4) is 0 Å². The smallest absolute Gasteiger partial charge is 0.145 e. The van der Waals surface area contributed by atoms with Gasteiger partial charge < -0.3 is 4.74 Å². The van der Waals surface area contributed by atoms with Crippen molar-refractivity contribution in [2.45, 2.75) is 26.7 Å². The summed E-state index contributed by atoms with van der Waals surface area (Å²) < 4.78 is 19.8. The first kappa shape index (κ1) is 20.0. The van der Waals surface area contributed by atoms with E-state index >= 15 is 0 Å². The molecule has 1 aliphatic heterocycles. The van der Waals surface area contributed by atoms with Crippen LogP contribution in [0.2, 0.25) is 0 Å². The number of aromatic nitrogens is 2. The van der Waals surface area contributed by atoms with Crippen LogP contribution >= 0.6 is 0 Å². The summed E-state index contributed by atoms with van der Waals surface area (Å²) in [6, 6.07) is 10.6. The van der Waals surface area contributed by atoms with Crippen molar-refractivity contribution in [3.8, 4) is 16.9 Å². The third-order valence-corrected chi connectivity index (χ3v) is 5.27. The van der Waals surface area contributed by atoms with Crippen molar-refractivity contribution in [3.63, 3.8) is 0 Å². The Labute approximate surface area is 176 Å². The standard InChI is InChI=1S/C25H24FN3O/c1-5-30-22-13-18(17-7-6-8-19(26)11-17)12-20-23(15(2)3)16(4)24(29-25(20)22)21-14-27-9-10-28-21/h6-15,23H,4-5H2,1-3H3. The van der Waals surface area contributed by atoms with Crippen LogP contribution in [-0.4, -0.2) is 22.3 Å². The third kappa shape index (κ3) is 3.63. The first-order valence-corrected chi connectivity index (χ1v) is 10.1. The van der Waals surface area contributed by atoms with E-state index in [4.69, 9.17) is 9.73 Å². The number of benzene rings is 2. The lowest BCUT2D eigenvalue weighted by Gasteiger charge is -2.31. The van der Waals surface area contributed by atoms with Gasteiger partial charge >= 0.3 is 0 Å². The molecule has 1 unspecified atom stereocenters. The average molecular weight is 401 g/mol. The first-order chi connectivity index (χ1) is 14.5. The summed E-state index contributed by atoms with van der Waals surface area (Å²) in [6.07, 6.45) is 5.00.